The average molecular weight is 352 g/mol. The number of para-hydroxylation sites is 2. The van der Waals surface area contributed by atoms with Crippen LogP contribution in [0, 0.1) is 6.92 Å². The number of nitrogens with zero attached hydrogens (tertiary/aromatic N) is 1. The van der Waals surface area contributed by atoms with E-state index in [9.17, 15) is 4.79 Å². The molecule has 3 rings (SSSR count). The molecule has 3 aromatic rings. The highest BCUT2D eigenvalue weighted by atomic mass is 32.1. The van der Waals surface area contributed by atoms with Gasteiger partial charge in [-0.1, -0.05) is 43.3 Å². The summed E-state index contributed by atoms with van der Waals surface area (Å²) in [5, 5.41) is 3.78. The van der Waals surface area contributed by atoms with Crippen LogP contribution in [0.3, 0.4) is 0 Å². The molecule has 0 aliphatic rings. The first-order chi connectivity index (χ1) is 12.2. The van der Waals surface area contributed by atoms with Crippen molar-refractivity contribution in [2.24, 2.45) is 0 Å². The third-order valence-corrected chi connectivity index (χ3v) is 4.93. The molecule has 0 bridgehead atoms. The zero-order chi connectivity index (χ0) is 17.6. The molecule has 5 heteroatoms. The number of thiazole rings is 1. The lowest BCUT2D eigenvalue weighted by molar-refractivity contribution is 0.102. The molecule has 2 aromatic carbocycles. The SMILES string of the molecule is CCc1ccccc1NC(=O)c1sc(COc2ccccc2)nc1C. The van der Waals surface area contributed by atoms with Crippen LogP contribution in [-0.2, 0) is 13.0 Å². The molecule has 1 aromatic heterocycles. The Kier molecular flexibility index (Phi) is 5.46. The summed E-state index contributed by atoms with van der Waals surface area (Å²) < 4.78 is 5.71. The van der Waals surface area contributed by atoms with E-state index in [1.807, 2.05) is 61.5 Å². The predicted molar refractivity (Wildman–Crippen MR) is 101 cm³/mol. The standard InChI is InChI=1S/C20H20N2O2S/c1-3-15-9-7-8-12-17(15)22-20(23)19-14(2)21-18(25-19)13-24-16-10-5-4-6-11-16/h4-12H,3,13H2,1-2H3,(H,22,23). The van der Waals surface area contributed by atoms with Gasteiger partial charge in [0.1, 0.15) is 22.2 Å². The van der Waals surface area contributed by atoms with E-state index in [1.165, 1.54) is 11.3 Å². The second-order valence-electron chi connectivity index (χ2n) is 5.59. The van der Waals surface area contributed by atoms with Gasteiger partial charge in [-0.15, -0.1) is 11.3 Å². The van der Waals surface area contributed by atoms with Crippen LogP contribution in [0.5, 0.6) is 5.75 Å². The van der Waals surface area contributed by atoms with E-state index in [-0.39, 0.29) is 5.91 Å². The van der Waals surface area contributed by atoms with E-state index in [0.29, 0.717) is 11.5 Å². The molecular weight excluding hydrogens is 332 g/mol. The third kappa shape index (κ3) is 4.25. The van der Waals surface area contributed by atoms with Crippen LogP contribution in [0.1, 0.15) is 32.9 Å². The number of nitrogens with one attached hydrogen (secondary N) is 1. The van der Waals surface area contributed by atoms with E-state index < -0.39 is 0 Å². The lowest BCUT2D eigenvalue weighted by Crippen LogP contribution is -2.12. The summed E-state index contributed by atoms with van der Waals surface area (Å²) in [5.74, 6) is 0.667. The second kappa shape index (κ2) is 7.94. The summed E-state index contributed by atoms with van der Waals surface area (Å²) in [6.45, 7) is 4.28. The van der Waals surface area contributed by atoms with Crippen LogP contribution < -0.4 is 10.1 Å². The number of amides is 1. The maximum absolute atomic E-state index is 12.6. The Morgan fingerprint density at radius 2 is 1.84 bits per heavy atom. The monoisotopic (exact) mass is 352 g/mol. The maximum Gasteiger partial charge on any atom is 0.267 e. The van der Waals surface area contributed by atoms with Crippen LogP contribution in [-0.4, -0.2) is 10.9 Å². The summed E-state index contributed by atoms with van der Waals surface area (Å²) in [6.07, 6.45) is 0.869. The van der Waals surface area contributed by atoms with Gasteiger partial charge in [-0.3, -0.25) is 4.79 Å². The smallest absolute Gasteiger partial charge is 0.267 e. The van der Waals surface area contributed by atoms with Gasteiger partial charge in [0.05, 0.1) is 5.69 Å². The molecule has 1 N–H and O–H groups in total. The first kappa shape index (κ1) is 17.2. The number of benzene rings is 2. The van der Waals surface area contributed by atoms with Gasteiger partial charge in [0.15, 0.2) is 0 Å². The van der Waals surface area contributed by atoms with Crippen LogP contribution in [0.25, 0.3) is 0 Å². The topological polar surface area (TPSA) is 51.2 Å². The fourth-order valence-electron chi connectivity index (χ4n) is 2.52. The lowest BCUT2D eigenvalue weighted by atomic mass is 10.1. The average Bonchev–Trinajstić information content (AvgIpc) is 3.02. The van der Waals surface area contributed by atoms with Gasteiger partial charge in [0.2, 0.25) is 0 Å². The minimum Gasteiger partial charge on any atom is -0.486 e. The van der Waals surface area contributed by atoms with Crippen molar-refractivity contribution in [1.29, 1.82) is 0 Å². The molecule has 1 heterocycles. The van der Waals surface area contributed by atoms with Gasteiger partial charge >= 0.3 is 0 Å². The number of ether oxygens (including phenoxy) is 1. The quantitative estimate of drug-likeness (QED) is 0.690. The van der Waals surface area contributed by atoms with Crippen LogP contribution in [0.4, 0.5) is 5.69 Å². The number of rotatable bonds is 6. The van der Waals surface area contributed by atoms with E-state index in [2.05, 4.69) is 17.2 Å². The minimum atomic E-state index is -0.123. The van der Waals surface area contributed by atoms with Crippen molar-refractivity contribution < 1.29 is 9.53 Å². The molecule has 0 aliphatic heterocycles. The fourth-order valence-corrected chi connectivity index (χ4v) is 3.39. The molecule has 1 amide bonds. The molecule has 0 unspecified atom stereocenters. The Balaban J connectivity index is 1.70. The van der Waals surface area contributed by atoms with E-state index in [4.69, 9.17) is 4.74 Å². The van der Waals surface area contributed by atoms with Crippen molar-refractivity contribution in [2.75, 3.05) is 5.32 Å². The molecule has 0 saturated carbocycles. The van der Waals surface area contributed by atoms with Crippen molar-refractivity contribution >= 4 is 22.9 Å². The summed E-state index contributed by atoms with van der Waals surface area (Å²) in [5.41, 5.74) is 2.69. The zero-order valence-electron chi connectivity index (χ0n) is 14.3. The molecule has 4 nitrogen and oxygen atoms in total. The van der Waals surface area contributed by atoms with Crippen molar-refractivity contribution in [3.63, 3.8) is 0 Å². The van der Waals surface area contributed by atoms with Gasteiger partial charge < -0.3 is 10.1 Å². The first-order valence-electron chi connectivity index (χ1n) is 8.20. The highest BCUT2D eigenvalue weighted by molar-refractivity contribution is 7.13. The second-order valence-corrected chi connectivity index (χ2v) is 6.67. The molecule has 0 radical (unpaired) electrons. The molecule has 0 saturated heterocycles. The van der Waals surface area contributed by atoms with Gasteiger partial charge in [0.25, 0.3) is 5.91 Å². The van der Waals surface area contributed by atoms with Gasteiger partial charge in [-0.25, -0.2) is 4.98 Å². The van der Waals surface area contributed by atoms with E-state index >= 15 is 0 Å². The number of carbonyl (C=O) groups excluding carboxylic acids is 1. The highest BCUT2D eigenvalue weighted by Crippen LogP contribution is 2.23. The van der Waals surface area contributed by atoms with Gasteiger partial charge in [0, 0.05) is 5.69 Å². The normalized spacial score (nSPS) is 10.5. The number of hydrogen-bond donors (Lipinski definition) is 1. The zero-order valence-corrected chi connectivity index (χ0v) is 15.1. The molecule has 0 aliphatic carbocycles. The molecule has 0 spiro atoms. The number of carbonyl (C=O) groups is 1. The van der Waals surface area contributed by atoms with Crippen LogP contribution in [0.2, 0.25) is 0 Å². The summed E-state index contributed by atoms with van der Waals surface area (Å²) in [7, 11) is 0. The van der Waals surface area contributed by atoms with E-state index in [1.54, 1.807) is 0 Å². The van der Waals surface area contributed by atoms with Crippen LogP contribution >= 0.6 is 11.3 Å². The summed E-state index contributed by atoms with van der Waals surface area (Å²) in [4.78, 5) is 17.7. The fraction of sp³-hybridized carbons (Fsp3) is 0.200. The van der Waals surface area contributed by atoms with Crippen molar-refractivity contribution in [2.45, 2.75) is 26.9 Å². The van der Waals surface area contributed by atoms with Crippen molar-refractivity contribution in [3.8, 4) is 5.75 Å². The highest BCUT2D eigenvalue weighted by Gasteiger charge is 2.16. The Hall–Kier alpha value is -2.66. The Labute approximate surface area is 151 Å². The first-order valence-corrected chi connectivity index (χ1v) is 9.02. The van der Waals surface area contributed by atoms with Crippen LogP contribution in [0.15, 0.2) is 54.6 Å². The van der Waals surface area contributed by atoms with Crippen molar-refractivity contribution in [1.82, 2.24) is 4.98 Å². The number of aromatic nitrogens is 1. The number of anilines is 1. The molecule has 0 atom stereocenters. The van der Waals surface area contributed by atoms with Crippen molar-refractivity contribution in [3.05, 3.63) is 75.7 Å². The third-order valence-electron chi connectivity index (χ3n) is 3.80. The Morgan fingerprint density at radius 1 is 1.12 bits per heavy atom. The molecule has 0 fully saturated rings. The number of hydrogen-bond acceptors (Lipinski definition) is 4. The molecular formula is C20H20N2O2S. The Morgan fingerprint density at radius 3 is 2.60 bits per heavy atom. The number of aryl methyl sites for hydroxylation is 2. The van der Waals surface area contributed by atoms with Gasteiger partial charge in [-0.05, 0) is 37.1 Å². The molecule has 128 valence electrons. The lowest BCUT2D eigenvalue weighted by Gasteiger charge is -2.08. The minimum absolute atomic E-state index is 0.123. The largest absolute Gasteiger partial charge is 0.486 e. The summed E-state index contributed by atoms with van der Waals surface area (Å²) in [6, 6.07) is 17.4. The molecule has 25 heavy (non-hydrogen) atoms. The summed E-state index contributed by atoms with van der Waals surface area (Å²) >= 11 is 1.37. The van der Waals surface area contributed by atoms with Gasteiger partial charge in [-0.2, -0.15) is 0 Å². The Bertz CT molecular complexity index is 859. The maximum atomic E-state index is 12.6. The predicted octanol–water partition coefficient (Wildman–Crippen LogP) is 4.85. The van der Waals surface area contributed by atoms with E-state index in [0.717, 1.165) is 34.1 Å².